The van der Waals surface area contributed by atoms with Crippen molar-refractivity contribution in [2.75, 3.05) is 25.9 Å². The molecule has 0 radical (unpaired) electrons. The first-order valence-corrected chi connectivity index (χ1v) is 10.5. The van der Waals surface area contributed by atoms with Crippen LogP contribution in [0.15, 0.2) is 68.8 Å². The van der Waals surface area contributed by atoms with Crippen molar-refractivity contribution in [3.05, 3.63) is 60.2 Å². The first-order valence-electron chi connectivity index (χ1n) is 8.07. The zero-order chi connectivity index (χ0) is 18.6. The van der Waals surface area contributed by atoms with Gasteiger partial charge in [-0.15, -0.1) is 16.2 Å². The summed E-state index contributed by atoms with van der Waals surface area (Å²) in [5.74, 6) is 0.887. The fourth-order valence-electron chi connectivity index (χ4n) is 2.59. The summed E-state index contributed by atoms with van der Waals surface area (Å²) in [6, 6.07) is 16.6. The molecule has 1 heterocycles. The Morgan fingerprint density at radius 1 is 1.12 bits per heavy atom. The Hall–Kier alpha value is -2.32. The van der Waals surface area contributed by atoms with Crippen molar-refractivity contribution in [2.45, 2.75) is 9.79 Å². The maximum atomic E-state index is 12.1. The van der Waals surface area contributed by atoms with Gasteiger partial charge in [0, 0.05) is 29.8 Å². The smallest absolute Gasteiger partial charge is 0.285 e. The molecule has 3 rings (SSSR count). The van der Waals surface area contributed by atoms with Crippen molar-refractivity contribution in [1.29, 1.82) is 0 Å². The van der Waals surface area contributed by atoms with E-state index in [9.17, 15) is 13.2 Å². The summed E-state index contributed by atoms with van der Waals surface area (Å²) in [5.41, 5.74) is 0.530. The van der Waals surface area contributed by atoms with E-state index in [1.807, 2.05) is 30.3 Å². The van der Waals surface area contributed by atoms with Gasteiger partial charge < -0.3 is 10.2 Å². The van der Waals surface area contributed by atoms with Gasteiger partial charge >= 0.3 is 0 Å². The van der Waals surface area contributed by atoms with Crippen LogP contribution in [0.25, 0.3) is 0 Å². The van der Waals surface area contributed by atoms with Crippen LogP contribution < -0.4 is 5.32 Å². The quantitative estimate of drug-likeness (QED) is 0.604. The van der Waals surface area contributed by atoms with Crippen molar-refractivity contribution in [3.8, 4) is 0 Å². The molecule has 26 heavy (non-hydrogen) atoms. The number of rotatable bonds is 6. The van der Waals surface area contributed by atoms with Crippen LogP contribution in [-0.2, 0) is 14.8 Å². The van der Waals surface area contributed by atoms with Crippen LogP contribution in [0, 0.1) is 0 Å². The molecule has 0 aliphatic carbocycles. The van der Waals surface area contributed by atoms with E-state index in [-0.39, 0.29) is 17.3 Å². The lowest BCUT2D eigenvalue weighted by atomic mass is 10.2. The zero-order valence-electron chi connectivity index (χ0n) is 14.3. The molecule has 0 unspecified atom stereocenters. The van der Waals surface area contributed by atoms with Crippen LogP contribution >= 0.6 is 11.8 Å². The summed E-state index contributed by atoms with van der Waals surface area (Å²) < 4.78 is 28.0. The predicted molar refractivity (Wildman–Crippen MR) is 103 cm³/mol. The molecule has 0 saturated heterocycles. The largest absolute Gasteiger partial charge is 0.354 e. The first-order chi connectivity index (χ1) is 12.5. The number of benzene rings is 2. The number of thioether (sulfide) groups is 1. The average Bonchev–Trinajstić information content (AvgIpc) is 2.91. The molecule has 136 valence electrons. The van der Waals surface area contributed by atoms with Crippen LogP contribution in [-0.4, -0.2) is 51.0 Å². The Morgan fingerprint density at radius 2 is 1.81 bits per heavy atom. The second kappa shape index (κ2) is 7.92. The molecule has 1 N–H and O–H groups in total. The van der Waals surface area contributed by atoms with Crippen LogP contribution in [0.1, 0.15) is 5.56 Å². The molecule has 2 aromatic carbocycles. The van der Waals surface area contributed by atoms with Crippen LogP contribution in [0.5, 0.6) is 0 Å². The SMILES string of the molecule is CN(CC(=O)NCCSc1ccccc1)C1=NS(=O)(=O)c2ccccc21. The number of hydrogen-bond acceptors (Lipinski definition) is 5. The van der Waals surface area contributed by atoms with Crippen molar-refractivity contribution in [2.24, 2.45) is 4.40 Å². The van der Waals surface area contributed by atoms with Crippen LogP contribution in [0.4, 0.5) is 0 Å². The van der Waals surface area contributed by atoms with E-state index in [2.05, 4.69) is 9.71 Å². The van der Waals surface area contributed by atoms with Gasteiger partial charge in [0.1, 0.15) is 4.90 Å². The third-order valence-electron chi connectivity index (χ3n) is 3.79. The maximum absolute atomic E-state index is 12.1. The number of fused-ring (bicyclic) bond motifs is 1. The van der Waals surface area contributed by atoms with Gasteiger partial charge in [0.15, 0.2) is 5.84 Å². The van der Waals surface area contributed by atoms with Gasteiger partial charge in [-0.3, -0.25) is 4.79 Å². The molecule has 0 aromatic heterocycles. The van der Waals surface area contributed by atoms with Gasteiger partial charge in [-0.05, 0) is 24.3 Å². The third-order valence-corrected chi connectivity index (χ3v) is 6.13. The average molecular weight is 390 g/mol. The van der Waals surface area contributed by atoms with E-state index >= 15 is 0 Å². The normalized spacial score (nSPS) is 14.4. The number of nitrogens with zero attached hydrogens (tertiary/aromatic N) is 2. The Morgan fingerprint density at radius 3 is 2.58 bits per heavy atom. The lowest BCUT2D eigenvalue weighted by molar-refractivity contribution is -0.121. The molecule has 8 heteroatoms. The Bertz CT molecular complexity index is 928. The van der Waals surface area contributed by atoms with Crippen molar-refractivity contribution < 1.29 is 13.2 Å². The molecular formula is C18H19N3O3S2. The summed E-state index contributed by atoms with van der Waals surface area (Å²) >= 11 is 1.67. The summed E-state index contributed by atoms with van der Waals surface area (Å²) in [5, 5.41) is 2.85. The minimum atomic E-state index is -3.68. The highest BCUT2D eigenvalue weighted by molar-refractivity contribution is 7.99. The zero-order valence-corrected chi connectivity index (χ0v) is 15.9. The van der Waals surface area contributed by atoms with Gasteiger partial charge in [0.2, 0.25) is 5.91 Å². The van der Waals surface area contributed by atoms with Crippen LogP contribution in [0.2, 0.25) is 0 Å². The monoisotopic (exact) mass is 389 g/mol. The fourth-order valence-corrected chi connectivity index (χ4v) is 4.63. The maximum Gasteiger partial charge on any atom is 0.285 e. The second-order valence-electron chi connectivity index (χ2n) is 5.75. The number of sulfonamides is 1. The van der Waals surface area contributed by atoms with Crippen molar-refractivity contribution >= 4 is 33.5 Å². The van der Waals surface area contributed by atoms with Crippen LogP contribution in [0.3, 0.4) is 0 Å². The molecule has 6 nitrogen and oxygen atoms in total. The van der Waals surface area contributed by atoms with E-state index in [0.717, 1.165) is 10.6 Å². The number of carbonyl (C=O) groups excluding carboxylic acids is 1. The first kappa shape index (κ1) is 18.5. The fraction of sp³-hybridized carbons (Fsp3) is 0.222. The Balaban J connectivity index is 1.52. The number of carbonyl (C=O) groups is 1. The molecule has 0 saturated carbocycles. The molecule has 2 aromatic rings. The number of hydrogen-bond donors (Lipinski definition) is 1. The minimum Gasteiger partial charge on any atom is -0.354 e. The second-order valence-corrected chi connectivity index (χ2v) is 8.49. The number of amides is 1. The van der Waals surface area contributed by atoms with Gasteiger partial charge in [0.25, 0.3) is 10.0 Å². The molecule has 1 aliphatic heterocycles. The highest BCUT2D eigenvalue weighted by Crippen LogP contribution is 2.26. The molecule has 0 bridgehead atoms. The minimum absolute atomic E-state index is 0.0404. The molecule has 0 spiro atoms. The summed E-state index contributed by atoms with van der Waals surface area (Å²) in [6.45, 7) is 0.576. The van der Waals surface area contributed by atoms with E-state index in [4.69, 9.17) is 0 Å². The van der Waals surface area contributed by atoms with Gasteiger partial charge in [0.05, 0.1) is 6.54 Å². The molecule has 0 atom stereocenters. The van der Waals surface area contributed by atoms with E-state index < -0.39 is 10.0 Å². The summed E-state index contributed by atoms with van der Waals surface area (Å²) in [4.78, 5) is 15.0. The highest BCUT2D eigenvalue weighted by atomic mass is 32.2. The van der Waals surface area contributed by atoms with Gasteiger partial charge in [-0.25, -0.2) is 0 Å². The van der Waals surface area contributed by atoms with Crippen molar-refractivity contribution in [1.82, 2.24) is 10.2 Å². The third kappa shape index (κ3) is 4.25. The van der Waals surface area contributed by atoms with Gasteiger partial charge in [-0.2, -0.15) is 8.42 Å². The van der Waals surface area contributed by atoms with E-state index in [0.29, 0.717) is 17.9 Å². The Kier molecular flexibility index (Phi) is 5.63. The van der Waals surface area contributed by atoms with E-state index in [1.54, 1.807) is 41.9 Å². The molecule has 1 amide bonds. The molecule has 0 fully saturated rings. The van der Waals surface area contributed by atoms with Gasteiger partial charge in [-0.1, -0.05) is 30.3 Å². The Labute approximate surface area is 157 Å². The predicted octanol–water partition coefficient (Wildman–Crippen LogP) is 1.98. The molecular weight excluding hydrogens is 370 g/mol. The number of amidine groups is 1. The summed E-state index contributed by atoms with van der Waals surface area (Å²) in [7, 11) is -2.01. The lowest BCUT2D eigenvalue weighted by Gasteiger charge is -2.18. The standard InChI is InChI=1S/C18H19N3O3S2/c1-21(18-15-9-5-6-10-16(15)26(23,24)20-18)13-17(22)19-11-12-25-14-7-3-2-4-8-14/h2-10H,11-13H2,1H3,(H,19,22). The topological polar surface area (TPSA) is 78.8 Å². The summed E-state index contributed by atoms with van der Waals surface area (Å²) in [6.07, 6.45) is 0. The lowest BCUT2D eigenvalue weighted by Crippen LogP contribution is -2.39. The van der Waals surface area contributed by atoms with Crippen molar-refractivity contribution in [3.63, 3.8) is 0 Å². The number of likely N-dealkylation sites (N-methyl/N-ethyl adjacent to an activating group) is 1. The molecule has 1 aliphatic rings. The number of nitrogens with one attached hydrogen (secondary N) is 1. The van der Waals surface area contributed by atoms with E-state index in [1.165, 1.54) is 6.07 Å². The highest BCUT2D eigenvalue weighted by Gasteiger charge is 2.30.